The molecule has 1 unspecified atom stereocenters. The molecule has 0 bridgehead atoms. The highest BCUT2D eigenvalue weighted by Gasteiger charge is 2.17. The minimum absolute atomic E-state index is 0.0368. The molecule has 1 aliphatic rings. The number of hydrogen-bond donors (Lipinski definition) is 2. The van der Waals surface area contributed by atoms with Crippen LogP contribution in [-0.2, 0) is 4.79 Å². The van der Waals surface area contributed by atoms with Crippen molar-refractivity contribution in [2.45, 2.75) is 45.6 Å². The lowest BCUT2D eigenvalue weighted by Gasteiger charge is -2.29. The number of nitrogens with zero attached hydrogens (tertiary/aromatic N) is 1. The van der Waals surface area contributed by atoms with Crippen molar-refractivity contribution in [2.24, 2.45) is 5.92 Å². The molecule has 1 atom stereocenters. The van der Waals surface area contributed by atoms with Gasteiger partial charge in [0.15, 0.2) is 0 Å². The first-order valence-electron chi connectivity index (χ1n) is 6.79. The predicted octanol–water partition coefficient (Wildman–Crippen LogP) is 0.995. The monoisotopic (exact) mass is 242 g/mol. The summed E-state index contributed by atoms with van der Waals surface area (Å²) in [4.78, 5) is 13.8. The van der Waals surface area contributed by atoms with Gasteiger partial charge in [-0.05, 0) is 38.3 Å². The molecule has 1 amide bonds. The summed E-state index contributed by atoms with van der Waals surface area (Å²) >= 11 is 0. The second-order valence-corrected chi connectivity index (χ2v) is 5.21. The SMILES string of the molecule is CCCC(O)CNC(=O)CN1CCC(C)CC1. The van der Waals surface area contributed by atoms with E-state index in [4.69, 9.17) is 0 Å². The van der Waals surface area contributed by atoms with Crippen molar-refractivity contribution in [3.63, 3.8) is 0 Å². The summed E-state index contributed by atoms with van der Waals surface area (Å²) < 4.78 is 0. The molecule has 2 N–H and O–H groups in total. The lowest BCUT2D eigenvalue weighted by molar-refractivity contribution is -0.123. The Balaban J connectivity index is 2.12. The standard InChI is InChI=1S/C13H26N2O2/c1-3-4-12(16)9-14-13(17)10-15-7-5-11(2)6-8-15/h11-12,16H,3-10H2,1-2H3,(H,14,17). The number of nitrogens with one attached hydrogen (secondary N) is 1. The first kappa shape index (κ1) is 14.5. The van der Waals surface area contributed by atoms with Crippen LogP contribution in [0.15, 0.2) is 0 Å². The highest BCUT2D eigenvalue weighted by atomic mass is 16.3. The van der Waals surface area contributed by atoms with E-state index in [0.717, 1.165) is 31.8 Å². The molecule has 1 aliphatic heterocycles. The van der Waals surface area contributed by atoms with Crippen LogP contribution in [-0.4, -0.2) is 48.2 Å². The van der Waals surface area contributed by atoms with Crippen LogP contribution in [0.1, 0.15) is 39.5 Å². The smallest absolute Gasteiger partial charge is 0.234 e. The lowest BCUT2D eigenvalue weighted by atomic mass is 9.99. The van der Waals surface area contributed by atoms with Crippen LogP contribution in [0.25, 0.3) is 0 Å². The quantitative estimate of drug-likeness (QED) is 0.730. The summed E-state index contributed by atoms with van der Waals surface area (Å²) in [5, 5.41) is 12.3. The first-order valence-corrected chi connectivity index (χ1v) is 6.79. The van der Waals surface area contributed by atoms with E-state index in [2.05, 4.69) is 17.1 Å². The second-order valence-electron chi connectivity index (χ2n) is 5.21. The summed E-state index contributed by atoms with van der Waals surface area (Å²) in [6.45, 7) is 7.19. The Morgan fingerprint density at radius 1 is 1.47 bits per heavy atom. The Morgan fingerprint density at radius 2 is 2.12 bits per heavy atom. The summed E-state index contributed by atoms with van der Waals surface area (Å²) in [6, 6.07) is 0. The first-order chi connectivity index (χ1) is 8.11. The molecule has 0 saturated carbocycles. The second kappa shape index (κ2) is 7.67. The molecule has 4 nitrogen and oxygen atoms in total. The van der Waals surface area contributed by atoms with E-state index in [1.54, 1.807) is 0 Å². The third-order valence-corrected chi connectivity index (χ3v) is 3.40. The number of carbonyl (C=O) groups excluding carboxylic acids is 1. The largest absolute Gasteiger partial charge is 0.391 e. The molecule has 17 heavy (non-hydrogen) atoms. The lowest BCUT2D eigenvalue weighted by Crippen LogP contribution is -2.43. The summed E-state index contributed by atoms with van der Waals surface area (Å²) in [7, 11) is 0. The van der Waals surface area contributed by atoms with E-state index < -0.39 is 6.10 Å². The van der Waals surface area contributed by atoms with E-state index in [9.17, 15) is 9.90 Å². The van der Waals surface area contributed by atoms with Gasteiger partial charge in [-0.15, -0.1) is 0 Å². The Bertz CT molecular complexity index is 225. The molecule has 4 heteroatoms. The number of carbonyl (C=O) groups is 1. The molecule has 100 valence electrons. The van der Waals surface area contributed by atoms with Crippen LogP contribution in [0.5, 0.6) is 0 Å². The average molecular weight is 242 g/mol. The molecule has 0 aromatic carbocycles. The van der Waals surface area contributed by atoms with Crippen LogP contribution in [0, 0.1) is 5.92 Å². The van der Waals surface area contributed by atoms with Crippen molar-refractivity contribution in [1.29, 1.82) is 0 Å². The zero-order valence-electron chi connectivity index (χ0n) is 11.1. The van der Waals surface area contributed by atoms with Crippen molar-refractivity contribution < 1.29 is 9.90 Å². The minimum Gasteiger partial charge on any atom is -0.391 e. The van der Waals surface area contributed by atoms with E-state index in [0.29, 0.717) is 13.1 Å². The van der Waals surface area contributed by atoms with Gasteiger partial charge in [-0.1, -0.05) is 20.3 Å². The highest BCUT2D eigenvalue weighted by molar-refractivity contribution is 5.78. The molecule has 1 fully saturated rings. The Kier molecular flexibility index (Phi) is 6.52. The maximum absolute atomic E-state index is 11.6. The molecular weight excluding hydrogens is 216 g/mol. The van der Waals surface area contributed by atoms with E-state index in [1.807, 2.05) is 6.92 Å². The zero-order valence-corrected chi connectivity index (χ0v) is 11.1. The molecule has 1 saturated heterocycles. The summed E-state index contributed by atoms with van der Waals surface area (Å²) in [6.07, 6.45) is 3.67. The van der Waals surface area contributed by atoms with Gasteiger partial charge in [0.2, 0.25) is 5.91 Å². The highest BCUT2D eigenvalue weighted by Crippen LogP contribution is 2.15. The molecule has 1 heterocycles. The molecule has 0 aromatic heterocycles. The van der Waals surface area contributed by atoms with Gasteiger partial charge in [-0.25, -0.2) is 0 Å². The third-order valence-electron chi connectivity index (χ3n) is 3.40. The number of amides is 1. The van der Waals surface area contributed by atoms with Crippen LogP contribution >= 0.6 is 0 Å². The summed E-state index contributed by atoms with van der Waals surface area (Å²) in [5.74, 6) is 0.829. The topological polar surface area (TPSA) is 52.6 Å². The average Bonchev–Trinajstić information content (AvgIpc) is 2.30. The molecular formula is C13H26N2O2. The van der Waals surface area contributed by atoms with Crippen molar-refractivity contribution in [1.82, 2.24) is 10.2 Å². The van der Waals surface area contributed by atoms with Gasteiger partial charge in [-0.3, -0.25) is 9.69 Å². The Morgan fingerprint density at radius 3 is 2.71 bits per heavy atom. The van der Waals surface area contributed by atoms with Crippen LogP contribution < -0.4 is 5.32 Å². The minimum atomic E-state index is -0.398. The van der Waals surface area contributed by atoms with Crippen LogP contribution in [0.3, 0.4) is 0 Å². The van der Waals surface area contributed by atoms with Crippen molar-refractivity contribution in [2.75, 3.05) is 26.2 Å². The van der Waals surface area contributed by atoms with Crippen LogP contribution in [0.4, 0.5) is 0 Å². The molecule has 0 aliphatic carbocycles. The van der Waals surface area contributed by atoms with Gasteiger partial charge in [0.1, 0.15) is 0 Å². The van der Waals surface area contributed by atoms with Gasteiger partial charge < -0.3 is 10.4 Å². The number of rotatable bonds is 6. The van der Waals surface area contributed by atoms with Gasteiger partial charge in [-0.2, -0.15) is 0 Å². The van der Waals surface area contributed by atoms with Gasteiger partial charge in [0.25, 0.3) is 0 Å². The Hall–Kier alpha value is -0.610. The Labute approximate surface area is 104 Å². The zero-order chi connectivity index (χ0) is 12.7. The van der Waals surface area contributed by atoms with E-state index in [1.165, 1.54) is 12.8 Å². The fourth-order valence-electron chi connectivity index (χ4n) is 2.15. The number of aliphatic hydroxyl groups excluding tert-OH is 1. The number of aliphatic hydroxyl groups is 1. The van der Waals surface area contributed by atoms with Crippen molar-refractivity contribution in [3.8, 4) is 0 Å². The summed E-state index contributed by atoms with van der Waals surface area (Å²) in [5.41, 5.74) is 0. The number of likely N-dealkylation sites (tertiary alicyclic amines) is 1. The van der Waals surface area contributed by atoms with Crippen molar-refractivity contribution in [3.05, 3.63) is 0 Å². The van der Waals surface area contributed by atoms with Gasteiger partial charge in [0.05, 0.1) is 12.6 Å². The van der Waals surface area contributed by atoms with Gasteiger partial charge in [0, 0.05) is 6.54 Å². The fraction of sp³-hybridized carbons (Fsp3) is 0.923. The van der Waals surface area contributed by atoms with Crippen molar-refractivity contribution >= 4 is 5.91 Å². The van der Waals surface area contributed by atoms with E-state index >= 15 is 0 Å². The molecule has 0 spiro atoms. The maximum Gasteiger partial charge on any atom is 0.234 e. The molecule has 0 radical (unpaired) electrons. The van der Waals surface area contributed by atoms with Gasteiger partial charge >= 0.3 is 0 Å². The number of hydrogen-bond acceptors (Lipinski definition) is 3. The van der Waals surface area contributed by atoms with E-state index in [-0.39, 0.29) is 5.91 Å². The number of piperidine rings is 1. The predicted molar refractivity (Wildman–Crippen MR) is 68.8 cm³/mol. The molecule has 1 rings (SSSR count). The maximum atomic E-state index is 11.6. The molecule has 0 aromatic rings. The third kappa shape index (κ3) is 6.03. The normalized spacial score (nSPS) is 20.2. The fourth-order valence-corrected chi connectivity index (χ4v) is 2.15. The van der Waals surface area contributed by atoms with Crippen LogP contribution in [0.2, 0.25) is 0 Å².